The van der Waals surface area contributed by atoms with Crippen LogP contribution in [0.2, 0.25) is 0 Å². The van der Waals surface area contributed by atoms with Gasteiger partial charge in [0.2, 0.25) is 0 Å². The summed E-state index contributed by atoms with van der Waals surface area (Å²) in [6, 6.07) is 0. The fourth-order valence-corrected chi connectivity index (χ4v) is 2.26. The molecular weight excluding hydrogens is 206 g/mol. The Hall–Kier alpha value is -1.32. The number of ether oxygens (including phenoxy) is 1. The van der Waals surface area contributed by atoms with Crippen LogP contribution in [0.4, 0.5) is 0 Å². The van der Waals surface area contributed by atoms with Gasteiger partial charge in [-0.2, -0.15) is 0 Å². The highest BCUT2D eigenvalue weighted by Crippen LogP contribution is 2.28. The van der Waals surface area contributed by atoms with E-state index in [2.05, 4.69) is 4.98 Å². The van der Waals surface area contributed by atoms with Gasteiger partial charge in [-0.25, -0.2) is 9.78 Å². The van der Waals surface area contributed by atoms with E-state index < -0.39 is 0 Å². The molecule has 0 radical (unpaired) electrons. The molecule has 0 aliphatic heterocycles. The first kappa shape index (κ1) is 11.2. The molecule has 4 heteroatoms. The third-order valence-corrected chi connectivity index (χ3v) is 3.06. The number of carbonyl (C=O) groups excluding carboxylic acids is 1. The molecule has 0 saturated heterocycles. The summed E-state index contributed by atoms with van der Waals surface area (Å²) >= 11 is 0. The zero-order valence-electron chi connectivity index (χ0n) is 9.57. The maximum atomic E-state index is 11.6. The average molecular weight is 223 g/mol. The summed E-state index contributed by atoms with van der Waals surface area (Å²) < 4.78 is 10.2. The average Bonchev–Trinajstić information content (AvgIpc) is 2.90. The first-order valence-electron chi connectivity index (χ1n) is 5.90. The minimum absolute atomic E-state index is 0.355. The maximum Gasteiger partial charge on any atom is 0.360 e. The molecule has 0 atom stereocenters. The topological polar surface area (TPSA) is 52.3 Å². The minimum Gasteiger partial charge on any atom is -0.461 e. The molecule has 2 rings (SSSR count). The lowest BCUT2D eigenvalue weighted by Crippen LogP contribution is -2.09. The smallest absolute Gasteiger partial charge is 0.360 e. The number of hydrogen-bond donors (Lipinski definition) is 0. The highest BCUT2D eigenvalue weighted by Gasteiger charge is 2.23. The van der Waals surface area contributed by atoms with Crippen LogP contribution < -0.4 is 0 Å². The van der Waals surface area contributed by atoms with E-state index >= 15 is 0 Å². The van der Waals surface area contributed by atoms with Crippen molar-refractivity contribution < 1.29 is 13.9 Å². The number of esters is 1. The van der Waals surface area contributed by atoms with E-state index in [1.807, 2.05) is 0 Å². The zero-order valence-corrected chi connectivity index (χ0v) is 9.57. The SMILES string of the molecule is CCOC(=O)c1ncoc1CC1CCCC1. The highest BCUT2D eigenvalue weighted by molar-refractivity contribution is 5.88. The summed E-state index contributed by atoms with van der Waals surface area (Å²) in [5.41, 5.74) is 0.355. The second kappa shape index (κ2) is 5.14. The number of carbonyl (C=O) groups is 1. The van der Waals surface area contributed by atoms with Crippen LogP contribution in [0.5, 0.6) is 0 Å². The van der Waals surface area contributed by atoms with E-state index in [1.165, 1.54) is 32.1 Å². The molecule has 0 amide bonds. The highest BCUT2D eigenvalue weighted by atomic mass is 16.5. The first-order valence-corrected chi connectivity index (χ1v) is 5.90. The van der Waals surface area contributed by atoms with E-state index in [4.69, 9.17) is 9.15 Å². The van der Waals surface area contributed by atoms with Gasteiger partial charge in [-0.05, 0) is 12.8 Å². The van der Waals surface area contributed by atoms with Gasteiger partial charge in [0, 0.05) is 6.42 Å². The third kappa shape index (κ3) is 2.43. The molecule has 1 aromatic rings. The summed E-state index contributed by atoms with van der Waals surface area (Å²) in [5, 5.41) is 0. The van der Waals surface area contributed by atoms with Gasteiger partial charge >= 0.3 is 5.97 Å². The normalized spacial score (nSPS) is 16.6. The van der Waals surface area contributed by atoms with Gasteiger partial charge in [-0.1, -0.05) is 25.7 Å². The molecular formula is C12H17NO3. The molecule has 4 nitrogen and oxygen atoms in total. The molecule has 16 heavy (non-hydrogen) atoms. The Kier molecular flexibility index (Phi) is 3.59. The molecule has 1 heterocycles. The van der Waals surface area contributed by atoms with Crippen molar-refractivity contribution in [2.75, 3.05) is 6.61 Å². The predicted octanol–water partition coefficient (Wildman–Crippen LogP) is 2.58. The van der Waals surface area contributed by atoms with E-state index in [0.29, 0.717) is 24.0 Å². The summed E-state index contributed by atoms with van der Waals surface area (Å²) in [5.74, 6) is 0.954. The van der Waals surface area contributed by atoms with Crippen LogP contribution in [0.1, 0.15) is 48.9 Å². The predicted molar refractivity (Wildman–Crippen MR) is 58.1 cm³/mol. The summed E-state index contributed by atoms with van der Waals surface area (Å²) in [4.78, 5) is 15.5. The van der Waals surface area contributed by atoms with Crippen LogP contribution in [0, 0.1) is 5.92 Å². The number of aromatic nitrogens is 1. The molecule has 1 aromatic heterocycles. The Morgan fingerprint density at radius 2 is 2.31 bits per heavy atom. The van der Waals surface area contributed by atoms with Crippen LogP contribution >= 0.6 is 0 Å². The Balaban J connectivity index is 2.03. The van der Waals surface area contributed by atoms with Crippen molar-refractivity contribution in [1.29, 1.82) is 0 Å². The number of rotatable bonds is 4. The standard InChI is InChI=1S/C12H17NO3/c1-2-15-12(14)11-10(16-8-13-11)7-9-5-3-4-6-9/h8-9H,2-7H2,1H3. The van der Waals surface area contributed by atoms with Crippen molar-refractivity contribution in [2.24, 2.45) is 5.92 Å². The Morgan fingerprint density at radius 3 is 3.00 bits per heavy atom. The quantitative estimate of drug-likeness (QED) is 0.736. The van der Waals surface area contributed by atoms with E-state index in [9.17, 15) is 4.79 Å². The lowest BCUT2D eigenvalue weighted by molar-refractivity contribution is 0.0517. The van der Waals surface area contributed by atoms with Crippen molar-refractivity contribution in [1.82, 2.24) is 4.98 Å². The lowest BCUT2D eigenvalue weighted by Gasteiger charge is -2.06. The largest absolute Gasteiger partial charge is 0.461 e. The Bertz CT molecular complexity index is 353. The monoisotopic (exact) mass is 223 g/mol. The molecule has 0 unspecified atom stereocenters. The van der Waals surface area contributed by atoms with Crippen molar-refractivity contribution in [3.8, 4) is 0 Å². The van der Waals surface area contributed by atoms with E-state index in [0.717, 1.165) is 6.42 Å². The minimum atomic E-state index is -0.371. The molecule has 1 saturated carbocycles. The van der Waals surface area contributed by atoms with Gasteiger partial charge < -0.3 is 9.15 Å². The molecule has 0 N–H and O–H groups in total. The van der Waals surface area contributed by atoms with Gasteiger partial charge in [-0.3, -0.25) is 0 Å². The summed E-state index contributed by atoms with van der Waals surface area (Å²) in [6.45, 7) is 2.16. The Morgan fingerprint density at radius 1 is 1.56 bits per heavy atom. The van der Waals surface area contributed by atoms with Crippen LogP contribution in [0.25, 0.3) is 0 Å². The molecule has 1 aliphatic rings. The van der Waals surface area contributed by atoms with Gasteiger partial charge in [0.25, 0.3) is 0 Å². The fourth-order valence-electron chi connectivity index (χ4n) is 2.26. The van der Waals surface area contributed by atoms with Crippen molar-refractivity contribution in [3.05, 3.63) is 17.8 Å². The zero-order chi connectivity index (χ0) is 11.4. The maximum absolute atomic E-state index is 11.6. The van der Waals surface area contributed by atoms with E-state index in [1.54, 1.807) is 6.92 Å². The van der Waals surface area contributed by atoms with Crippen LogP contribution in [0.15, 0.2) is 10.8 Å². The first-order chi connectivity index (χ1) is 7.81. The summed E-state index contributed by atoms with van der Waals surface area (Å²) in [6.07, 6.45) is 7.16. The molecule has 0 aromatic carbocycles. The molecule has 0 spiro atoms. The van der Waals surface area contributed by atoms with Gasteiger partial charge in [0.05, 0.1) is 6.61 Å². The number of nitrogens with zero attached hydrogens (tertiary/aromatic N) is 1. The van der Waals surface area contributed by atoms with Crippen LogP contribution in [-0.2, 0) is 11.2 Å². The lowest BCUT2D eigenvalue weighted by atomic mass is 10.0. The molecule has 1 fully saturated rings. The van der Waals surface area contributed by atoms with Gasteiger partial charge in [0.1, 0.15) is 5.76 Å². The third-order valence-electron chi connectivity index (χ3n) is 3.06. The number of oxazole rings is 1. The molecule has 88 valence electrons. The van der Waals surface area contributed by atoms with Crippen molar-refractivity contribution in [2.45, 2.75) is 39.0 Å². The molecule has 0 bridgehead atoms. The van der Waals surface area contributed by atoms with Crippen LogP contribution in [0.3, 0.4) is 0 Å². The fraction of sp³-hybridized carbons (Fsp3) is 0.667. The Labute approximate surface area is 95.0 Å². The van der Waals surface area contributed by atoms with Crippen LogP contribution in [-0.4, -0.2) is 17.6 Å². The van der Waals surface area contributed by atoms with Crippen molar-refractivity contribution in [3.63, 3.8) is 0 Å². The van der Waals surface area contributed by atoms with Gasteiger partial charge in [0.15, 0.2) is 12.1 Å². The second-order valence-electron chi connectivity index (χ2n) is 4.20. The van der Waals surface area contributed by atoms with Gasteiger partial charge in [-0.15, -0.1) is 0 Å². The number of hydrogen-bond acceptors (Lipinski definition) is 4. The molecule has 1 aliphatic carbocycles. The summed E-state index contributed by atoms with van der Waals surface area (Å²) in [7, 11) is 0. The van der Waals surface area contributed by atoms with Crippen molar-refractivity contribution >= 4 is 5.97 Å². The van der Waals surface area contributed by atoms with E-state index in [-0.39, 0.29) is 5.97 Å². The second-order valence-corrected chi connectivity index (χ2v) is 4.20.